The molecule has 0 aliphatic carbocycles. The summed E-state index contributed by atoms with van der Waals surface area (Å²) in [5.41, 5.74) is 2.92. The zero-order valence-corrected chi connectivity index (χ0v) is 16.1. The molecular formula is C22H19N5O3. The summed E-state index contributed by atoms with van der Waals surface area (Å²) in [6.07, 6.45) is 0.693. The van der Waals surface area contributed by atoms with E-state index in [1.54, 1.807) is 34.2 Å². The number of hydrogen-bond acceptors (Lipinski definition) is 4. The van der Waals surface area contributed by atoms with Crippen LogP contribution < -0.4 is 5.32 Å². The van der Waals surface area contributed by atoms with Gasteiger partial charge >= 0.3 is 6.03 Å². The van der Waals surface area contributed by atoms with E-state index in [1.165, 1.54) is 5.01 Å². The maximum atomic E-state index is 12.8. The number of aromatic amines is 1. The molecule has 3 aliphatic heterocycles. The number of hydrogen-bond donors (Lipinski definition) is 2. The van der Waals surface area contributed by atoms with E-state index < -0.39 is 0 Å². The van der Waals surface area contributed by atoms with Crippen LogP contribution in [0.5, 0.6) is 0 Å². The van der Waals surface area contributed by atoms with E-state index >= 15 is 0 Å². The van der Waals surface area contributed by atoms with Crippen molar-refractivity contribution in [3.8, 4) is 0 Å². The van der Waals surface area contributed by atoms with Gasteiger partial charge in [-0.1, -0.05) is 30.3 Å². The summed E-state index contributed by atoms with van der Waals surface area (Å²) in [6.45, 7) is 1.48. The van der Waals surface area contributed by atoms with Gasteiger partial charge in [-0.3, -0.25) is 14.9 Å². The topological polar surface area (TPSA) is 88.8 Å². The van der Waals surface area contributed by atoms with Crippen LogP contribution in [0.2, 0.25) is 0 Å². The number of benzene rings is 2. The minimum Gasteiger partial charge on any atom is -0.341 e. The lowest BCUT2D eigenvalue weighted by Crippen LogP contribution is -2.49. The van der Waals surface area contributed by atoms with Crippen molar-refractivity contribution in [2.24, 2.45) is 0 Å². The van der Waals surface area contributed by atoms with Crippen LogP contribution in [0.15, 0.2) is 48.5 Å². The highest BCUT2D eigenvalue weighted by Gasteiger charge is 2.43. The van der Waals surface area contributed by atoms with Crippen LogP contribution in [-0.2, 0) is 6.54 Å². The minimum absolute atomic E-state index is 0.0869. The Bertz CT molecular complexity index is 1200. The van der Waals surface area contributed by atoms with Gasteiger partial charge in [-0.25, -0.2) is 14.8 Å². The van der Waals surface area contributed by atoms with Gasteiger partial charge in [0.1, 0.15) is 5.82 Å². The fourth-order valence-electron chi connectivity index (χ4n) is 4.78. The van der Waals surface area contributed by atoms with Crippen molar-refractivity contribution in [1.29, 1.82) is 0 Å². The molecule has 1 aromatic heterocycles. The summed E-state index contributed by atoms with van der Waals surface area (Å²) < 4.78 is 0. The predicted octanol–water partition coefficient (Wildman–Crippen LogP) is 2.80. The summed E-state index contributed by atoms with van der Waals surface area (Å²) in [4.78, 5) is 43.4. The summed E-state index contributed by atoms with van der Waals surface area (Å²) in [6, 6.07) is 14.6. The second-order valence-corrected chi connectivity index (χ2v) is 7.91. The van der Waals surface area contributed by atoms with Crippen molar-refractivity contribution in [1.82, 2.24) is 19.9 Å². The van der Waals surface area contributed by atoms with Crippen LogP contribution in [0, 0.1) is 0 Å². The molecule has 150 valence electrons. The molecule has 30 heavy (non-hydrogen) atoms. The third-order valence-electron chi connectivity index (χ3n) is 6.27. The fourth-order valence-corrected chi connectivity index (χ4v) is 4.78. The summed E-state index contributed by atoms with van der Waals surface area (Å²) in [7, 11) is 0. The molecule has 1 saturated heterocycles. The van der Waals surface area contributed by atoms with Crippen LogP contribution >= 0.6 is 0 Å². The molecule has 2 aromatic carbocycles. The first-order valence-corrected chi connectivity index (χ1v) is 10.0. The molecule has 6 rings (SSSR count). The lowest BCUT2D eigenvalue weighted by molar-refractivity contribution is 0.00988. The van der Waals surface area contributed by atoms with Crippen molar-refractivity contribution in [2.45, 2.75) is 19.0 Å². The Kier molecular flexibility index (Phi) is 3.54. The number of carbonyl (C=O) groups excluding carboxylic acids is 3. The lowest BCUT2D eigenvalue weighted by Gasteiger charge is -2.33. The number of nitrogens with one attached hydrogen (secondary N) is 2. The van der Waals surface area contributed by atoms with E-state index in [2.05, 4.69) is 10.3 Å². The summed E-state index contributed by atoms with van der Waals surface area (Å²) >= 11 is 0. The van der Waals surface area contributed by atoms with E-state index in [0.717, 1.165) is 22.3 Å². The van der Waals surface area contributed by atoms with Crippen LogP contribution in [0.4, 0.5) is 10.6 Å². The van der Waals surface area contributed by atoms with Gasteiger partial charge < -0.3 is 9.88 Å². The quantitative estimate of drug-likeness (QED) is 0.647. The third-order valence-corrected chi connectivity index (χ3v) is 6.27. The van der Waals surface area contributed by atoms with Crippen LogP contribution in [-0.4, -0.2) is 56.9 Å². The zero-order chi connectivity index (χ0) is 20.4. The van der Waals surface area contributed by atoms with Gasteiger partial charge in [0.05, 0.1) is 17.7 Å². The molecule has 8 nitrogen and oxygen atoms in total. The van der Waals surface area contributed by atoms with Crippen molar-refractivity contribution >= 4 is 34.6 Å². The maximum Gasteiger partial charge on any atom is 0.323 e. The van der Waals surface area contributed by atoms with E-state index in [1.807, 2.05) is 24.3 Å². The molecule has 4 heterocycles. The van der Waals surface area contributed by atoms with Gasteiger partial charge in [0.2, 0.25) is 0 Å². The minimum atomic E-state index is -0.293. The largest absolute Gasteiger partial charge is 0.341 e. The highest BCUT2D eigenvalue weighted by atomic mass is 16.2. The van der Waals surface area contributed by atoms with Crippen LogP contribution in [0.25, 0.3) is 10.9 Å². The number of fused-ring (bicyclic) bond motifs is 4. The number of H-pyrrole nitrogens is 1. The number of para-hydroxylation sites is 1. The molecule has 0 spiro atoms. The highest BCUT2D eigenvalue weighted by Crippen LogP contribution is 2.34. The normalized spacial score (nSPS) is 21.3. The number of imide groups is 1. The monoisotopic (exact) mass is 401 g/mol. The van der Waals surface area contributed by atoms with Gasteiger partial charge in [-0.05, 0) is 24.6 Å². The number of hydrazine groups is 1. The molecule has 1 atom stereocenters. The zero-order valence-electron chi connectivity index (χ0n) is 16.1. The number of nitrogens with zero attached hydrogens (tertiary/aromatic N) is 3. The van der Waals surface area contributed by atoms with E-state index in [9.17, 15) is 14.4 Å². The molecular weight excluding hydrogens is 382 g/mol. The number of amides is 4. The average molecular weight is 401 g/mol. The molecule has 0 saturated carbocycles. The lowest BCUT2D eigenvalue weighted by atomic mass is 10.1. The second-order valence-electron chi connectivity index (χ2n) is 7.91. The number of rotatable bonds is 2. The highest BCUT2D eigenvalue weighted by molar-refractivity contribution is 6.21. The van der Waals surface area contributed by atoms with E-state index in [4.69, 9.17) is 0 Å². The molecule has 1 unspecified atom stereocenters. The standard InChI is InChI=1S/C22H19N5O3/c28-20-15-6-1-2-7-16(15)21(29)27(20)25-10-9-13(11-25)26-12-17-14-5-3-4-8-18(14)23-19(17)24-22(26)30/h1-8,13,23H,9-12H2,(H,24,30). The Labute approximate surface area is 172 Å². The van der Waals surface area contributed by atoms with Crippen LogP contribution in [0.1, 0.15) is 32.7 Å². The Morgan fingerprint density at radius 2 is 1.60 bits per heavy atom. The molecule has 8 heteroatoms. The Morgan fingerprint density at radius 1 is 0.900 bits per heavy atom. The first-order chi connectivity index (χ1) is 14.6. The van der Waals surface area contributed by atoms with Gasteiger partial charge in [0.15, 0.2) is 0 Å². The predicted molar refractivity (Wildman–Crippen MR) is 110 cm³/mol. The second kappa shape index (κ2) is 6.17. The first kappa shape index (κ1) is 17.2. The SMILES string of the molecule is O=C1Nc2[nH]c3ccccc3c2CN1C1CCN(N2C(=O)c3ccccc3C2=O)C1. The molecule has 1 fully saturated rings. The fraction of sp³-hybridized carbons (Fsp3) is 0.227. The molecule has 2 N–H and O–H groups in total. The Morgan fingerprint density at radius 3 is 2.37 bits per heavy atom. The average Bonchev–Trinajstić information content (AvgIpc) is 3.43. The summed E-state index contributed by atoms with van der Waals surface area (Å²) in [5.74, 6) is 0.157. The van der Waals surface area contributed by atoms with Crippen molar-refractivity contribution in [2.75, 3.05) is 18.4 Å². The first-order valence-electron chi connectivity index (χ1n) is 10.0. The molecule has 3 aromatic rings. The number of anilines is 1. The van der Waals surface area contributed by atoms with Crippen molar-refractivity contribution in [3.05, 3.63) is 65.2 Å². The van der Waals surface area contributed by atoms with Crippen molar-refractivity contribution < 1.29 is 14.4 Å². The smallest absolute Gasteiger partial charge is 0.323 e. The molecule has 0 radical (unpaired) electrons. The number of carbonyl (C=O) groups is 3. The Balaban J connectivity index is 1.25. The maximum absolute atomic E-state index is 12.8. The number of aromatic nitrogens is 1. The molecule has 4 amide bonds. The van der Waals surface area contributed by atoms with Gasteiger partial charge in [-0.2, -0.15) is 0 Å². The summed E-state index contributed by atoms with van der Waals surface area (Å²) in [5, 5.41) is 7.06. The number of urea groups is 1. The Hall–Kier alpha value is -3.65. The van der Waals surface area contributed by atoms with Gasteiger partial charge in [0, 0.05) is 35.6 Å². The molecule has 3 aliphatic rings. The molecule has 0 bridgehead atoms. The van der Waals surface area contributed by atoms with Crippen LogP contribution in [0.3, 0.4) is 0 Å². The third kappa shape index (κ3) is 2.34. The van der Waals surface area contributed by atoms with E-state index in [0.29, 0.717) is 37.2 Å². The van der Waals surface area contributed by atoms with Crippen molar-refractivity contribution in [3.63, 3.8) is 0 Å². The van der Waals surface area contributed by atoms with E-state index in [-0.39, 0.29) is 23.9 Å². The van der Waals surface area contributed by atoms with Gasteiger partial charge in [0.25, 0.3) is 11.8 Å². The van der Waals surface area contributed by atoms with Gasteiger partial charge in [-0.15, -0.1) is 0 Å².